The molecule has 2 fully saturated rings. The van der Waals surface area contributed by atoms with Gasteiger partial charge in [0.15, 0.2) is 0 Å². The maximum Gasteiger partial charge on any atom is 0.230 e. The smallest absolute Gasteiger partial charge is 0.230 e. The van der Waals surface area contributed by atoms with Gasteiger partial charge in [0.05, 0.1) is 38.2 Å². The lowest BCUT2D eigenvalue weighted by Crippen LogP contribution is -2.45. The molecule has 2 bridgehead atoms. The van der Waals surface area contributed by atoms with Crippen LogP contribution in [0.15, 0.2) is 36.4 Å². The first-order valence-electron chi connectivity index (χ1n) is 9.14. The molecule has 1 aromatic rings. The summed E-state index contributed by atoms with van der Waals surface area (Å²) in [6.45, 7) is 1.02. The highest BCUT2D eigenvalue weighted by atomic mass is 16.5. The SMILES string of the molecule is COc1cccc(CN2C[C@]34C=C[C@H](O3)[C@@H](C(=O)N(C)CCO)[C@@H]4C2=O)c1. The number of nitrogens with zero attached hydrogens (tertiary/aromatic N) is 2. The van der Waals surface area contributed by atoms with Crippen molar-refractivity contribution in [2.75, 3.05) is 33.9 Å². The number of methoxy groups -OCH3 is 1. The predicted molar refractivity (Wildman–Crippen MR) is 96.9 cm³/mol. The lowest BCUT2D eigenvalue weighted by molar-refractivity contribution is -0.142. The van der Waals surface area contributed by atoms with Crippen molar-refractivity contribution < 1.29 is 24.2 Å². The molecule has 0 aliphatic carbocycles. The quantitative estimate of drug-likeness (QED) is 0.733. The van der Waals surface area contributed by atoms with Gasteiger partial charge in [-0.05, 0) is 17.7 Å². The number of likely N-dealkylation sites (N-methyl/N-ethyl adjacent to an activating group) is 1. The van der Waals surface area contributed by atoms with E-state index in [1.807, 2.05) is 36.4 Å². The van der Waals surface area contributed by atoms with Crippen molar-refractivity contribution >= 4 is 11.8 Å². The molecule has 3 aliphatic rings. The first kappa shape index (κ1) is 18.0. The maximum atomic E-state index is 13.2. The molecule has 1 spiro atoms. The van der Waals surface area contributed by atoms with Gasteiger partial charge in [-0.15, -0.1) is 0 Å². The van der Waals surface area contributed by atoms with E-state index in [0.717, 1.165) is 11.3 Å². The number of carbonyl (C=O) groups excluding carboxylic acids is 2. The first-order valence-corrected chi connectivity index (χ1v) is 9.14. The highest BCUT2D eigenvalue weighted by molar-refractivity contribution is 5.93. The van der Waals surface area contributed by atoms with E-state index in [1.54, 1.807) is 19.1 Å². The van der Waals surface area contributed by atoms with Crippen LogP contribution in [0.2, 0.25) is 0 Å². The molecule has 4 atom stereocenters. The molecule has 2 amide bonds. The summed E-state index contributed by atoms with van der Waals surface area (Å²) >= 11 is 0. The normalized spacial score (nSPS) is 30.7. The first-order chi connectivity index (χ1) is 13.0. The molecule has 1 aromatic carbocycles. The van der Waals surface area contributed by atoms with E-state index in [9.17, 15) is 9.59 Å². The third-order valence-corrected chi connectivity index (χ3v) is 5.78. The van der Waals surface area contributed by atoms with Gasteiger partial charge in [-0.3, -0.25) is 9.59 Å². The topological polar surface area (TPSA) is 79.3 Å². The minimum absolute atomic E-state index is 0.0552. The van der Waals surface area contributed by atoms with E-state index in [4.69, 9.17) is 14.6 Å². The maximum absolute atomic E-state index is 13.2. The second kappa shape index (κ2) is 6.65. The summed E-state index contributed by atoms with van der Waals surface area (Å²) in [5.74, 6) is -0.503. The predicted octanol–water partition coefficient (Wildman–Crippen LogP) is 0.428. The van der Waals surface area contributed by atoms with Crippen molar-refractivity contribution in [1.82, 2.24) is 9.80 Å². The number of benzene rings is 1. The van der Waals surface area contributed by atoms with Crippen LogP contribution in [0, 0.1) is 11.8 Å². The minimum atomic E-state index is -0.721. The van der Waals surface area contributed by atoms with E-state index in [0.29, 0.717) is 13.1 Å². The van der Waals surface area contributed by atoms with Gasteiger partial charge in [-0.2, -0.15) is 0 Å². The van der Waals surface area contributed by atoms with Crippen LogP contribution >= 0.6 is 0 Å². The molecule has 0 aromatic heterocycles. The Kier molecular flexibility index (Phi) is 4.44. The largest absolute Gasteiger partial charge is 0.497 e. The summed E-state index contributed by atoms with van der Waals surface area (Å²) in [5, 5.41) is 9.12. The van der Waals surface area contributed by atoms with E-state index in [2.05, 4.69) is 0 Å². The zero-order valence-electron chi connectivity index (χ0n) is 15.5. The van der Waals surface area contributed by atoms with Crippen LogP contribution in [0.25, 0.3) is 0 Å². The molecule has 1 N–H and O–H groups in total. The molecule has 0 saturated carbocycles. The van der Waals surface area contributed by atoms with E-state index < -0.39 is 17.4 Å². The Labute approximate surface area is 158 Å². The molecule has 4 rings (SSSR count). The summed E-state index contributed by atoms with van der Waals surface area (Å²) in [4.78, 5) is 29.3. The van der Waals surface area contributed by atoms with Crippen molar-refractivity contribution in [2.24, 2.45) is 11.8 Å². The standard InChI is InChI=1S/C20H24N2O5/c1-21(8-9-23)18(24)16-15-6-7-20(27-15)12-22(19(25)17(16)20)11-13-4-3-5-14(10-13)26-2/h3-7,10,15-17,23H,8-9,11-12H2,1-2H3/t15-,16+,17+,20-/m0/s1. The Morgan fingerprint density at radius 2 is 2.30 bits per heavy atom. The van der Waals surface area contributed by atoms with Crippen molar-refractivity contribution in [1.29, 1.82) is 0 Å². The number of aliphatic hydroxyl groups is 1. The molecule has 0 unspecified atom stereocenters. The number of likely N-dealkylation sites (tertiary alicyclic amines) is 1. The lowest BCUT2D eigenvalue weighted by Gasteiger charge is -2.27. The molecular formula is C20H24N2O5. The molecule has 2 saturated heterocycles. The Hall–Kier alpha value is -2.38. The van der Waals surface area contributed by atoms with Crippen molar-refractivity contribution in [3.63, 3.8) is 0 Å². The fraction of sp³-hybridized carbons (Fsp3) is 0.500. The molecule has 7 heteroatoms. The van der Waals surface area contributed by atoms with E-state index >= 15 is 0 Å². The number of carbonyl (C=O) groups is 2. The van der Waals surface area contributed by atoms with Crippen LogP contribution in [0.4, 0.5) is 0 Å². The number of amides is 2. The monoisotopic (exact) mass is 372 g/mol. The number of hydrogen-bond donors (Lipinski definition) is 1. The van der Waals surface area contributed by atoms with E-state index in [1.165, 1.54) is 4.90 Å². The molecule has 0 radical (unpaired) electrons. The van der Waals surface area contributed by atoms with Gasteiger partial charge < -0.3 is 24.4 Å². The van der Waals surface area contributed by atoms with Crippen LogP contribution in [-0.2, 0) is 20.9 Å². The fourth-order valence-corrected chi connectivity index (χ4v) is 4.50. The third-order valence-electron chi connectivity index (χ3n) is 5.78. The van der Waals surface area contributed by atoms with Crippen LogP contribution in [0.1, 0.15) is 5.56 Å². The minimum Gasteiger partial charge on any atom is -0.497 e. The Morgan fingerprint density at radius 1 is 1.48 bits per heavy atom. The lowest BCUT2D eigenvalue weighted by atomic mass is 9.76. The number of aliphatic hydroxyl groups excluding tert-OH is 1. The second-order valence-corrected chi connectivity index (χ2v) is 7.43. The number of rotatable bonds is 6. The summed E-state index contributed by atoms with van der Waals surface area (Å²) in [7, 11) is 3.26. The Bertz CT molecular complexity index is 794. The van der Waals surface area contributed by atoms with Gasteiger partial charge in [0.25, 0.3) is 0 Å². The average Bonchev–Trinajstić information content (AvgIpc) is 3.30. The summed E-state index contributed by atoms with van der Waals surface area (Å²) in [6.07, 6.45) is 3.47. The molecule has 7 nitrogen and oxygen atoms in total. The summed E-state index contributed by atoms with van der Waals surface area (Å²) in [6, 6.07) is 7.62. The van der Waals surface area contributed by atoms with Gasteiger partial charge in [0.2, 0.25) is 11.8 Å². The van der Waals surface area contributed by atoms with Crippen LogP contribution < -0.4 is 4.74 Å². The van der Waals surface area contributed by atoms with Crippen molar-refractivity contribution in [3.8, 4) is 5.75 Å². The van der Waals surface area contributed by atoms with Gasteiger partial charge in [-0.25, -0.2) is 0 Å². The molecule has 3 aliphatic heterocycles. The van der Waals surface area contributed by atoms with Gasteiger partial charge in [0, 0.05) is 20.1 Å². The van der Waals surface area contributed by atoms with Crippen molar-refractivity contribution in [3.05, 3.63) is 42.0 Å². The van der Waals surface area contributed by atoms with Crippen LogP contribution in [0.3, 0.4) is 0 Å². The molecule has 27 heavy (non-hydrogen) atoms. The number of hydrogen-bond acceptors (Lipinski definition) is 5. The zero-order chi connectivity index (χ0) is 19.2. The molecule has 3 heterocycles. The molecular weight excluding hydrogens is 348 g/mol. The van der Waals surface area contributed by atoms with Gasteiger partial charge >= 0.3 is 0 Å². The highest BCUT2D eigenvalue weighted by Crippen LogP contribution is 2.52. The van der Waals surface area contributed by atoms with Crippen molar-refractivity contribution in [2.45, 2.75) is 18.2 Å². The van der Waals surface area contributed by atoms with Crippen LogP contribution in [0.5, 0.6) is 5.75 Å². The fourth-order valence-electron chi connectivity index (χ4n) is 4.50. The zero-order valence-corrected chi connectivity index (χ0v) is 15.5. The highest BCUT2D eigenvalue weighted by Gasteiger charge is 2.67. The Morgan fingerprint density at radius 3 is 3.04 bits per heavy atom. The van der Waals surface area contributed by atoms with Gasteiger partial charge in [-0.1, -0.05) is 24.3 Å². The van der Waals surface area contributed by atoms with Gasteiger partial charge in [0.1, 0.15) is 11.4 Å². The van der Waals surface area contributed by atoms with E-state index in [-0.39, 0.29) is 31.1 Å². The third kappa shape index (κ3) is 2.82. The number of ether oxygens (including phenoxy) is 2. The average molecular weight is 372 g/mol. The second-order valence-electron chi connectivity index (χ2n) is 7.43. The van der Waals surface area contributed by atoms with Crippen LogP contribution in [-0.4, -0.2) is 72.3 Å². The summed E-state index contributed by atoms with van der Waals surface area (Å²) < 4.78 is 11.4. The Balaban J connectivity index is 1.56. The number of fused-ring (bicyclic) bond motifs is 1. The molecule has 144 valence electrons. The summed E-state index contributed by atoms with van der Waals surface area (Å²) in [5.41, 5.74) is 0.249.